The number of aromatic nitrogens is 2. The van der Waals surface area contributed by atoms with E-state index in [1.165, 1.54) is 4.31 Å². The molecule has 1 aliphatic rings. The fourth-order valence-electron chi connectivity index (χ4n) is 2.30. The lowest BCUT2D eigenvalue weighted by atomic mass is 10.0. The van der Waals surface area contributed by atoms with Crippen molar-refractivity contribution in [3.63, 3.8) is 0 Å². The lowest BCUT2D eigenvalue weighted by Crippen LogP contribution is -2.37. The average molecular weight is 257 g/mol. The molecule has 0 saturated heterocycles. The highest BCUT2D eigenvalue weighted by Crippen LogP contribution is 2.25. The third kappa shape index (κ3) is 2.87. The summed E-state index contributed by atoms with van der Waals surface area (Å²) < 4.78 is 26.0. The van der Waals surface area contributed by atoms with Gasteiger partial charge in [-0.25, -0.2) is 13.4 Å². The molecule has 1 aliphatic carbocycles. The summed E-state index contributed by atoms with van der Waals surface area (Å²) in [5, 5.41) is -0.198. The third-order valence-electron chi connectivity index (χ3n) is 3.34. The van der Waals surface area contributed by atoms with Crippen molar-refractivity contribution in [3.05, 3.63) is 18.2 Å². The van der Waals surface area contributed by atoms with Crippen molar-refractivity contribution >= 4 is 10.0 Å². The van der Waals surface area contributed by atoms with Gasteiger partial charge in [-0.05, 0) is 12.8 Å². The minimum absolute atomic E-state index is 0.198. The Labute approximate surface area is 102 Å². The molecule has 0 spiro atoms. The highest BCUT2D eigenvalue weighted by molar-refractivity contribution is 7.89. The second-order valence-electron chi connectivity index (χ2n) is 4.60. The zero-order chi connectivity index (χ0) is 12.3. The standard InChI is InChI=1S/C11H19N3O2S/c1-14(9-11-12-7-8-13-11)17(15,16)10-5-3-2-4-6-10/h7-8,10H,2-6,9H2,1H3,(H,12,13). The molecule has 1 heterocycles. The fourth-order valence-corrected chi connectivity index (χ4v) is 4.04. The second-order valence-corrected chi connectivity index (χ2v) is 6.92. The van der Waals surface area contributed by atoms with Gasteiger partial charge in [0.2, 0.25) is 10.0 Å². The van der Waals surface area contributed by atoms with Crippen LogP contribution in [0.25, 0.3) is 0 Å². The van der Waals surface area contributed by atoms with Gasteiger partial charge in [0.25, 0.3) is 0 Å². The molecule has 0 unspecified atom stereocenters. The first-order valence-electron chi connectivity index (χ1n) is 6.04. The summed E-state index contributed by atoms with van der Waals surface area (Å²) in [6.45, 7) is 0.325. The quantitative estimate of drug-likeness (QED) is 0.889. The Hall–Kier alpha value is -0.880. The predicted octanol–water partition coefficient (Wildman–Crippen LogP) is 1.50. The van der Waals surface area contributed by atoms with Crippen LogP contribution in [0.1, 0.15) is 37.9 Å². The van der Waals surface area contributed by atoms with E-state index in [2.05, 4.69) is 9.97 Å². The zero-order valence-electron chi connectivity index (χ0n) is 10.1. The molecular weight excluding hydrogens is 238 g/mol. The molecule has 0 atom stereocenters. The number of H-pyrrole nitrogens is 1. The van der Waals surface area contributed by atoms with E-state index in [0.717, 1.165) is 32.1 Å². The number of nitrogens with zero attached hydrogens (tertiary/aromatic N) is 2. The summed E-state index contributed by atoms with van der Waals surface area (Å²) in [7, 11) is -1.53. The molecule has 1 fully saturated rings. The van der Waals surface area contributed by atoms with Crippen molar-refractivity contribution in [2.24, 2.45) is 0 Å². The summed E-state index contributed by atoms with van der Waals surface area (Å²) in [5.41, 5.74) is 0. The molecule has 0 aliphatic heterocycles. The maximum absolute atomic E-state index is 12.3. The predicted molar refractivity (Wildman–Crippen MR) is 65.8 cm³/mol. The number of imidazole rings is 1. The van der Waals surface area contributed by atoms with Crippen LogP contribution < -0.4 is 0 Å². The Bertz CT molecular complexity index is 435. The van der Waals surface area contributed by atoms with Gasteiger partial charge in [-0.15, -0.1) is 0 Å². The summed E-state index contributed by atoms with van der Waals surface area (Å²) in [6, 6.07) is 0. The highest BCUT2D eigenvalue weighted by atomic mass is 32.2. The largest absolute Gasteiger partial charge is 0.347 e. The third-order valence-corrected chi connectivity index (χ3v) is 5.65. The van der Waals surface area contributed by atoms with Crippen LogP contribution in [-0.2, 0) is 16.6 Å². The first-order chi connectivity index (χ1) is 8.10. The van der Waals surface area contributed by atoms with Crippen molar-refractivity contribution in [3.8, 4) is 0 Å². The molecule has 1 aromatic heterocycles. The Morgan fingerprint density at radius 1 is 1.41 bits per heavy atom. The molecule has 1 saturated carbocycles. The molecule has 1 N–H and O–H groups in total. The van der Waals surface area contributed by atoms with Crippen LogP contribution in [0.4, 0.5) is 0 Å². The van der Waals surface area contributed by atoms with E-state index in [1.54, 1.807) is 19.4 Å². The SMILES string of the molecule is CN(Cc1ncc[nH]1)S(=O)(=O)C1CCCCC1. The molecule has 17 heavy (non-hydrogen) atoms. The molecule has 1 aromatic rings. The van der Waals surface area contributed by atoms with Gasteiger partial charge in [-0.1, -0.05) is 19.3 Å². The number of hydrogen-bond donors (Lipinski definition) is 1. The van der Waals surface area contributed by atoms with E-state index in [9.17, 15) is 8.42 Å². The summed E-state index contributed by atoms with van der Waals surface area (Å²) in [6.07, 6.45) is 8.15. The molecule has 0 amide bonds. The van der Waals surface area contributed by atoms with Crippen LogP contribution in [0, 0.1) is 0 Å². The highest BCUT2D eigenvalue weighted by Gasteiger charge is 2.31. The van der Waals surface area contributed by atoms with Crippen LogP contribution in [0.15, 0.2) is 12.4 Å². The van der Waals surface area contributed by atoms with Gasteiger partial charge >= 0.3 is 0 Å². The topological polar surface area (TPSA) is 66.1 Å². The van der Waals surface area contributed by atoms with Crippen molar-refractivity contribution < 1.29 is 8.42 Å². The van der Waals surface area contributed by atoms with E-state index < -0.39 is 10.0 Å². The number of rotatable bonds is 4. The maximum atomic E-state index is 12.3. The van der Waals surface area contributed by atoms with Gasteiger partial charge < -0.3 is 4.98 Å². The monoisotopic (exact) mass is 257 g/mol. The molecule has 0 radical (unpaired) electrons. The van der Waals surface area contributed by atoms with Crippen molar-refractivity contribution in [2.75, 3.05) is 7.05 Å². The van der Waals surface area contributed by atoms with Crippen LogP contribution in [0.2, 0.25) is 0 Å². The number of sulfonamides is 1. The number of hydrogen-bond acceptors (Lipinski definition) is 3. The molecule has 5 nitrogen and oxygen atoms in total. The van der Waals surface area contributed by atoms with Gasteiger partial charge in [0.15, 0.2) is 0 Å². The number of aromatic amines is 1. The minimum Gasteiger partial charge on any atom is -0.347 e. The molecule has 2 rings (SSSR count). The lowest BCUT2D eigenvalue weighted by Gasteiger charge is -2.26. The van der Waals surface area contributed by atoms with Crippen molar-refractivity contribution in [2.45, 2.75) is 43.9 Å². The summed E-state index contributed by atoms with van der Waals surface area (Å²) in [4.78, 5) is 6.98. The maximum Gasteiger partial charge on any atom is 0.217 e. The van der Waals surface area contributed by atoms with E-state index in [-0.39, 0.29) is 5.25 Å². The molecular formula is C11H19N3O2S. The molecule has 0 bridgehead atoms. The van der Waals surface area contributed by atoms with Crippen LogP contribution in [0.5, 0.6) is 0 Å². The van der Waals surface area contributed by atoms with E-state index in [1.807, 2.05) is 0 Å². The minimum atomic E-state index is -3.16. The molecule has 6 heteroatoms. The molecule has 96 valence electrons. The second kappa shape index (κ2) is 5.18. The van der Waals surface area contributed by atoms with Crippen molar-refractivity contribution in [1.29, 1.82) is 0 Å². The van der Waals surface area contributed by atoms with Crippen LogP contribution in [0.3, 0.4) is 0 Å². The summed E-state index contributed by atoms with van der Waals surface area (Å²) >= 11 is 0. The smallest absolute Gasteiger partial charge is 0.217 e. The van der Waals surface area contributed by atoms with Gasteiger partial charge in [0.1, 0.15) is 5.82 Å². The average Bonchev–Trinajstić information content (AvgIpc) is 2.83. The van der Waals surface area contributed by atoms with Gasteiger partial charge in [0.05, 0.1) is 11.8 Å². The first kappa shape index (κ1) is 12.6. The zero-order valence-corrected chi connectivity index (χ0v) is 10.9. The lowest BCUT2D eigenvalue weighted by molar-refractivity contribution is 0.418. The van der Waals surface area contributed by atoms with E-state index >= 15 is 0 Å². The first-order valence-corrected chi connectivity index (χ1v) is 7.54. The van der Waals surface area contributed by atoms with E-state index in [4.69, 9.17) is 0 Å². The van der Waals surface area contributed by atoms with Gasteiger partial charge in [0, 0.05) is 19.4 Å². The fraction of sp³-hybridized carbons (Fsp3) is 0.727. The summed E-state index contributed by atoms with van der Waals surface area (Å²) in [5.74, 6) is 0.687. The Morgan fingerprint density at radius 2 is 2.12 bits per heavy atom. The van der Waals surface area contributed by atoms with Crippen molar-refractivity contribution in [1.82, 2.24) is 14.3 Å². The van der Waals surface area contributed by atoms with Crippen LogP contribution >= 0.6 is 0 Å². The van der Waals surface area contributed by atoms with E-state index in [0.29, 0.717) is 12.4 Å². The normalized spacial score (nSPS) is 18.7. The van der Waals surface area contributed by atoms with Gasteiger partial charge in [-0.3, -0.25) is 0 Å². The number of nitrogens with one attached hydrogen (secondary N) is 1. The Balaban J connectivity index is 2.03. The van der Waals surface area contributed by atoms with Crippen LogP contribution in [-0.4, -0.2) is 35.0 Å². The Kier molecular flexibility index (Phi) is 3.83. The van der Waals surface area contributed by atoms with Gasteiger partial charge in [-0.2, -0.15) is 4.31 Å². The molecule has 0 aromatic carbocycles. The Morgan fingerprint density at radius 3 is 2.71 bits per heavy atom.